The monoisotopic (exact) mass is 406 g/mol. The van der Waals surface area contributed by atoms with Gasteiger partial charge in [0.25, 0.3) is 5.91 Å². The highest BCUT2D eigenvalue weighted by Crippen LogP contribution is 2.24. The fraction of sp³-hybridized carbons (Fsp3) is 0.435. The number of nitriles is 1. The lowest BCUT2D eigenvalue weighted by Gasteiger charge is -2.13. The highest BCUT2D eigenvalue weighted by molar-refractivity contribution is 6.04. The van der Waals surface area contributed by atoms with Crippen molar-refractivity contribution >= 4 is 28.8 Å². The predicted molar refractivity (Wildman–Crippen MR) is 113 cm³/mol. The third kappa shape index (κ3) is 4.39. The van der Waals surface area contributed by atoms with Crippen LogP contribution in [0.5, 0.6) is 0 Å². The van der Waals surface area contributed by atoms with Crippen molar-refractivity contribution in [3.8, 4) is 6.07 Å². The summed E-state index contributed by atoms with van der Waals surface area (Å²) in [4.78, 5) is 26.9. The Labute approximate surface area is 175 Å². The molecule has 0 aliphatic carbocycles. The number of para-hydroxylation sites is 1. The summed E-state index contributed by atoms with van der Waals surface area (Å²) in [5.41, 5.74) is 1.78. The molecule has 0 radical (unpaired) electrons. The fourth-order valence-corrected chi connectivity index (χ4v) is 4.15. The minimum absolute atomic E-state index is 0.0876. The molecule has 7 nitrogen and oxygen atoms in total. The molecule has 1 N–H and O–H groups in total. The zero-order valence-corrected chi connectivity index (χ0v) is 17.0. The number of amides is 2. The summed E-state index contributed by atoms with van der Waals surface area (Å²) in [7, 11) is 0. The molecule has 156 valence electrons. The number of nitrogens with one attached hydrogen (secondary N) is 1. The number of carbonyl (C=O) groups excluding carboxylic acids is 2. The van der Waals surface area contributed by atoms with Crippen LogP contribution in [0.2, 0.25) is 0 Å². The molecule has 30 heavy (non-hydrogen) atoms. The van der Waals surface area contributed by atoms with Gasteiger partial charge >= 0.3 is 0 Å². The summed E-state index contributed by atoms with van der Waals surface area (Å²) in [5, 5.41) is 13.4. The van der Waals surface area contributed by atoms with E-state index in [1.165, 1.54) is 0 Å². The topological polar surface area (TPSA) is 87.4 Å². The lowest BCUT2D eigenvalue weighted by atomic mass is 10.1. The number of rotatable bonds is 6. The minimum atomic E-state index is -0.221. The molecule has 4 rings (SSSR count). The molecular weight excluding hydrogens is 380 g/mol. The van der Waals surface area contributed by atoms with Gasteiger partial charge in [0.2, 0.25) is 5.91 Å². The Morgan fingerprint density at radius 2 is 2.03 bits per heavy atom. The molecule has 2 aromatic rings. The van der Waals surface area contributed by atoms with Crippen LogP contribution in [-0.4, -0.2) is 53.6 Å². The SMILES string of the molecule is N#C/C(=C\c1cn(CC(=O)NC[C@H]2CCCO2)c2ccccc12)C(=O)N1CCCC1. The largest absolute Gasteiger partial charge is 0.376 e. The number of likely N-dealkylation sites (tertiary alicyclic amines) is 1. The quantitative estimate of drug-likeness (QED) is 0.590. The predicted octanol–water partition coefficient (Wildman–Crippen LogP) is 2.47. The van der Waals surface area contributed by atoms with Gasteiger partial charge in [0.1, 0.15) is 18.2 Å². The summed E-state index contributed by atoms with van der Waals surface area (Å²) < 4.78 is 7.42. The zero-order chi connectivity index (χ0) is 20.9. The first-order chi connectivity index (χ1) is 14.7. The maximum atomic E-state index is 12.7. The average Bonchev–Trinajstić information content (AvgIpc) is 3.52. The molecule has 0 spiro atoms. The zero-order valence-electron chi connectivity index (χ0n) is 17.0. The van der Waals surface area contributed by atoms with Gasteiger partial charge in [-0.3, -0.25) is 9.59 Å². The molecule has 0 bridgehead atoms. The average molecular weight is 406 g/mol. The lowest BCUT2D eigenvalue weighted by molar-refractivity contribution is -0.125. The number of hydrogen-bond acceptors (Lipinski definition) is 4. The van der Waals surface area contributed by atoms with E-state index in [0.29, 0.717) is 19.6 Å². The Bertz CT molecular complexity index is 1010. The van der Waals surface area contributed by atoms with E-state index in [4.69, 9.17) is 4.74 Å². The van der Waals surface area contributed by atoms with E-state index in [1.807, 2.05) is 35.0 Å². The second-order valence-electron chi connectivity index (χ2n) is 7.84. The standard InChI is InChI=1S/C23H26N4O3/c24-13-17(23(29)26-9-3-4-10-26)12-18-15-27(21-8-2-1-7-20(18)21)16-22(28)25-14-19-6-5-11-30-19/h1-2,7-8,12,15,19H,3-6,9-11,14,16H2,(H,25,28)/b17-12+/t19-/m1/s1. The Morgan fingerprint density at radius 1 is 1.23 bits per heavy atom. The third-order valence-electron chi connectivity index (χ3n) is 5.73. The fourth-order valence-electron chi connectivity index (χ4n) is 4.15. The second kappa shape index (κ2) is 9.14. The molecule has 1 aromatic carbocycles. The first-order valence-corrected chi connectivity index (χ1v) is 10.5. The van der Waals surface area contributed by atoms with Crippen molar-refractivity contribution in [3.05, 3.63) is 41.6 Å². The number of ether oxygens (including phenoxy) is 1. The Morgan fingerprint density at radius 3 is 2.77 bits per heavy atom. The van der Waals surface area contributed by atoms with Gasteiger partial charge in [-0.2, -0.15) is 5.26 Å². The third-order valence-corrected chi connectivity index (χ3v) is 5.73. The highest BCUT2D eigenvalue weighted by Gasteiger charge is 2.22. The molecule has 2 amide bonds. The molecular formula is C23H26N4O3. The molecule has 0 saturated carbocycles. The smallest absolute Gasteiger partial charge is 0.264 e. The highest BCUT2D eigenvalue weighted by atomic mass is 16.5. The van der Waals surface area contributed by atoms with Crippen molar-refractivity contribution in [3.63, 3.8) is 0 Å². The van der Waals surface area contributed by atoms with Crippen LogP contribution >= 0.6 is 0 Å². The van der Waals surface area contributed by atoms with Gasteiger partial charge in [0.15, 0.2) is 0 Å². The summed E-state index contributed by atoms with van der Waals surface area (Å²) in [6, 6.07) is 9.77. The summed E-state index contributed by atoms with van der Waals surface area (Å²) in [6.45, 7) is 2.85. The summed E-state index contributed by atoms with van der Waals surface area (Å²) in [6.07, 6.45) is 7.55. The van der Waals surface area contributed by atoms with Gasteiger partial charge in [0.05, 0.1) is 6.10 Å². The molecule has 1 aromatic heterocycles. The second-order valence-corrected chi connectivity index (χ2v) is 7.84. The van der Waals surface area contributed by atoms with Crippen LogP contribution in [0.15, 0.2) is 36.0 Å². The summed E-state index contributed by atoms with van der Waals surface area (Å²) in [5.74, 6) is -0.309. The number of aromatic nitrogens is 1. The maximum Gasteiger partial charge on any atom is 0.264 e. The van der Waals surface area contributed by atoms with Crippen LogP contribution in [-0.2, 0) is 20.9 Å². The van der Waals surface area contributed by atoms with Crippen molar-refractivity contribution in [2.75, 3.05) is 26.2 Å². The van der Waals surface area contributed by atoms with Gasteiger partial charge in [-0.05, 0) is 37.8 Å². The Balaban J connectivity index is 1.54. The van der Waals surface area contributed by atoms with Gasteiger partial charge in [0, 0.05) is 48.9 Å². The van der Waals surface area contributed by atoms with Crippen LogP contribution in [0.3, 0.4) is 0 Å². The van der Waals surface area contributed by atoms with Crippen LogP contribution in [0.4, 0.5) is 0 Å². The maximum absolute atomic E-state index is 12.7. The molecule has 2 saturated heterocycles. The normalized spacial score (nSPS) is 19.2. The van der Waals surface area contributed by atoms with Crippen molar-refractivity contribution < 1.29 is 14.3 Å². The van der Waals surface area contributed by atoms with Gasteiger partial charge in [-0.25, -0.2) is 0 Å². The molecule has 1 atom stereocenters. The number of fused-ring (bicyclic) bond motifs is 1. The molecule has 2 aliphatic heterocycles. The van der Waals surface area contributed by atoms with Crippen molar-refractivity contribution in [2.24, 2.45) is 0 Å². The van der Waals surface area contributed by atoms with Crippen LogP contribution in [0, 0.1) is 11.3 Å². The Hall–Kier alpha value is -3.11. The minimum Gasteiger partial charge on any atom is -0.376 e. The molecule has 3 heterocycles. The van der Waals surface area contributed by atoms with Crippen molar-refractivity contribution in [2.45, 2.75) is 38.3 Å². The van der Waals surface area contributed by atoms with E-state index < -0.39 is 0 Å². The van der Waals surface area contributed by atoms with Crippen LogP contribution in [0.25, 0.3) is 17.0 Å². The van der Waals surface area contributed by atoms with E-state index in [9.17, 15) is 14.9 Å². The van der Waals surface area contributed by atoms with Gasteiger partial charge in [-0.1, -0.05) is 18.2 Å². The lowest BCUT2D eigenvalue weighted by Crippen LogP contribution is -2.34. The van der Waals surface area contributed by atoms with Gasteiger partial charge in [-0.15, -0.1) is 0 Å². The first kappa shape index (κ1) is 20.2. The van der Waals surface area contributed by atoms with E-state index in [1.54, 1.807) is 11.0 Å². The number of benzene rings is 1. The van der Waals surface area contributed by atoms with E-state index in [2.05, 4.69) is 11.4 Å². The molecule has 2 fully saturated rings. The summed E-state index contributed by atoms with van der Waals surface area (Å²) >= 11 is 0. The van der Waals surface area contributed by atoms with Crippen LogP contribution in [0.1, 0.15) is 31.2 Å². The number of hydrogen-bond donors (Lipinski definition) is 1. The molecule has 2 aliphatic rings. The molecule has 7 heteroatoms. The van der Waals surface area contributed by atoms with Crippen molar-refractivity contribution in [1.82, 2.24) is 14.8 Å². The van der Waals surface area contributed by atoms with Crippen molar-refractivity contribution in [1.29, 1.82) is 5.26 Å². The van der Waals surface area contributed by atoms with Gasteiger partial charge < -0.3 is 19.5 Å². The van der Waals surface area contributed by atoms with E-state index in [0.717, 1.165) is 48.8 Å². The Kier molecular flexibility index (Phi) is 6.15. The van der Waals surface area contributed by atoms with Crippen LogP contribution < -0.4 is 5.32 Å². The van der Waals surface area contributed by atoms with E-state index >= 15 is 0 Å². The number of carbonyl (C=O) groups is 2. The van der Waals surface area contributed by atoms with E-state index in [-0.39, 0.29) is 30.0 Å². The molecule has 0 unspecified atom stereocenters. The first-order valence-electron chi connectivity index (χ1n) is 10.5. The number of nitrogens with zero attached hydrogens (tertiary/aromatic N) is 3.